The molecule has 1 heterocycles. The average molecular weight is 412 g/mol. The lowest BCUT2D eigenvalue weighted by atomic mass is 10.1. The van der Waals surface area contributed by atoms with E-state index in [2.05, 4.69) is 15.1 Å². The topological polar surface area (TPSA) is 35.6 Å². The Bertz CT molecular complexity index is 803. The third-order valence-corrected chi connectivity index (χ3v) is 4.98. The monoisotopic (exact) mass is 411 g/mol. The predicted octanol–water partition coefficient (Wildman–Crippen LogP) is 4.51. The van der Waals surface area contributed by atoms with Gasteiger partial charge in [-0.2, -0.15) is 13.2 Å². The lowest BCUT2D eigenvalue weighted by molar-refractivity contribution is -0.137. The Hall–Kier alpha value is -2.25. The van der Waals surface area contributed by atoms with E-state index in [1.165, 1.54) is 18.2 Å². The van der Waals surface area contributed by atoms with Gasteiger partial charge < -0.3 is 10.2 Å². The van der Waals surface area contributed by atoms with E-state index >= 15 is 0 Å². The van der Waals surface area contributed by atoms with E-state index in [0.29, 0.717) is 11.6 Å². The first kappa shape index (κ1) is 20.5. The molecule has 1 N–H and O–H groups in total. The van der Waals surface area contributed by atoms with Crippen LogP contribution in [-0.2, 0) is 11.0 Å². The number of nitrogens with one attached hydrogen (secondary N) is 1. The Morgan fingerprint density at radius 1 is 1.00 bits per heavy atom. The van der Waals surface area contributed by atoms with Gasteiger partial charge in [-0.3, -0.25) is 9.69 Å². The number of benzene rings is 2. The second-order valence-corrected chi connectivity index (χ2v) is 7.08. The molecule has 2 aromatic rings. The summed E-state index contributed by atoms with van der Waals surface area (Å²) in [5, 5.41) is 3.08. The molecule has 150 valence electrons. The van der Waals surface area contributed by atoms with E-state index in [1.54, 1.807) is 0 Å². The number of amides is 1. The van der Waals surface area contributed by atoms with Crippen LogP contribution in [0, 0.1) is 0 Å². The van der Waals surface area contributed by atoms with Crippen molar-refractivity contribution in [3.63, 3.8) is 0 Å². The van der Waals surface area contributed by atoms with E-state index in [1.807, 2.05) is 24.3 Å². The molecule has 0 bridgehead atoms. The summed E-state index contributed by atoms with van der Waals surface area (Å²) in [6.45, 7) is 3.72. The summed E-state index contributed by atoms with van der Waals surface area (Å²) < 4.78 is 39.0. The molecule has 0 unspecified atom stereocenters. The van der Waals surface area contributed by atoms with Crippen LogP contribution in [0.4, 0.5) is 24.5 Å². The van der Waals surface area contributed by atoms with Crippen molar-refractivity contribution in [1.82, 2.24) is 4.90 Å². The van der Waals surface area contributed by atoms with Gasteiger partial charge in [0.05, 0.1) is 11.3 Å². The second kappa shape index (κ2) is 8.84. The van der Waals surface area contributed by atoms with Crippen LogP contribution in [-0.4, -0.2) is 43.5 Å². The summed E-state index contributed by atoms with van der Waals surface area (Å²) in [4.78, 5) is 16.5. The Morgan fingerprint density at radius 3 is 2.29 bits per heavy atom. The van der Waals surface area contributed by atoms with Crippen LogP contribution < -0.4 is 10.2 Å². The maximum absolute atomic E-state index is 13.0. The first-order valence-corrected chi connectivity index (χ1v) is 9.40. The van der Waals surface area contributed by atoms with Gasteiger partial charge in [-0.25, -0.2) is 0 Å². The Kier molecular flexibility index (Phi) is 6.46. The second-order valence-electron chi connectivity index (χ2n) is 6.65. The highest BCUT2D eigenvalue weighted by molar-refractivity contribution is 6.30. The van der Waals surface area contributed by atoms with Gasteiger partial charge in [0.15, 0.2) is 0 Å². The Balaban J connectivity index is 1.47. The van der Waals surface area contributed by atoms with Gasteiger partial charge in [-0.15, -0.1) is 0 Å². The van der Waals surface area contributed by atoms with Crippen LogP contribution >= 0.6 is 11.6 Å². The first-order chi connectivity index (χ1) is 13.3. The van der Waals surface area contributed by atoms with Crippen LogP contribution in [0.3, 0.4) is 0 Å². The number of nitrogens with zero attached hydrogens (tertiary/aromatic N) is 2. The minimum atomic E-state index is -4.50. The number of carbonyl (C=O) groups is 1. The molecule has 0 radical (unpaired) electrons. The number of hydrogen-bond acceptors (Lipinski definition) is 3. The molecule has 0 aliphatic carbocycles. The number of rotatable bonds is 5. The van der Waals surface area contributed by atoms with Crippen molar-refractivity contribution in [1.29, 1.82) is 0 Å². The number of piperazine rings is 1. The van der Waals surface area contributed by atoms with E-state index in [4.69, 9.17) is 11.6 Å². The summed E-state index contributed by atoms with van der Waals surface area (Å²) in [6.07, 6.45) is -4.35. The van der Waals surface area contributed by atoms with Gasteiger partial charge in [0.1, 0.15) is 0 Å². The van der Waals surface area contributed by atoms with E-state index in [-0.39, 0.29) is 12.1 Å². The van der Waals surface area contributed by atoms with Gasteiger partial charge >= 0.3 is 6.18 Å². The molecule has 3 rings (SSSR count). The number of alkyl halides is 3. The fourth-order valence-electron chi connectivity index (χ4n) is 3.19. The summed E-state index contributed by atoms with van der Waals surface area (Å²) in [5.74, 6) is -0.420. The number of para-hydroxylation sites is 1. The minimum Gasteiger partial charge on any atom is -0.369 e. The fourth-order valence-corrected chi connectivity index (χ4v) is 3.32. The molecule has 2 aromatic carbocycles. The van der Waals surface area contributed by atoms with Crippen LogP contribution in [0.1, 0.15) is 12.0 Å². The molecule has 28 heavy (non-hydrogen) atoms. The molecule has 1 aliphatic heterocycles. The Labute approximate surface area is 166 Å². The molecular formula is C20H21ClF3N3O. The summed E-state index contributed by atoms with van der Waals surface area (Å²) >= 11 is 5.91. The average Bonchev–Trinajstić information content (AvgIpc) is 2.67. The quantitative estimate of drug-likeness (QED) is 0.786. The molecule has 1 fully saturated rings. The molecule has 1 saturated heterocycles. The molecular weight excluding hydrogens is 391 g/mol. The summed E-state index contributed by atoms with van der Waals surface area (Å²) in [7, 11) is 0. The lowest BCUT2D eigenvalue weighted by Crippen LogP contribution is -2.47. The SMILES string of the molecule is O=C(CCN1CCN(c2ccc(Cl)cc2)CC1)Nc1ccccc1C(F)(F)F. The van der Waals surface area contributed by atoms with E-state index in [0.717, 1.165) is 37.9 Å². The van der Waals surface area contributed by atoms with E-state index in [9.17, 15) is 18.0 Å². The number of halogens is 4. The van der Waals surface area contributed by atoms with Gasteiger partial charge in [-0.1, -0.05) is 23.7 Å². The molecule has 0 saturated carbocycles. The Morgan fingerprint density at radius 2 is 1.64 bits per heavy atom. The first-order valence-electron chi connectivity index (χ1n) is 9.02. The zero-order valence-electron chi connectivity index (χ0n) is 15.2. The zero-order valence-corrected chi connectivity index (χ0v) is 15.9. The van der Waals surface area contributed by atoms with Crippen molar-refractivity contribution in [2.45, 2.75) is 12.6 Å². The maximum atomic E-state index is 13.0. The molecule has 0 aromatic heterocycles. The zero-order chi connectivity index (χ0) is 20.1. The van der Waals surface area contributed by atoms with Gasteiger partial charge in [0.2, 0.25) is 5.91 Å². The highest BCUT2D eigenvalue weighted by Crippen LogP contribution is 2.34. The highest BCUT2D eigenvalue weighted by atomic mass is 35.5. The summed E-state index contributed by atoms with van der Waals surface area (Å²) in [6, 6.07) is 12.7. The van der Waals surface area contributed by atoms with Crippen LogP contribution in [0.5, 0.6) is 0 Å². The smallest absolute Gasteiger partial charge is 0.369 e. The van der Waals surface area contributed by atoms with Crippen molar-refractivity contribution in [2.75, 3.05) is 42.9 Å². The molecule has 1 aliphatic rings. The highest BCUT2D eigenvalue weighted by Gasteiger charge is 2.33. The number of carbonyl (C=O) groups excluding carboxylic acids is 1. The van der Waals surface area contributed by atoms with Crippen LogP contribution in [0.25, 0.3) is 0 Å². The van der Waals surface area contributed by atoms with Crippen molar-refractivity contribution < 1.29 is 18.0 Å². The number of anilines is 2. The lowest BCUT2D eigenvalue weighted by Gasteiger charge is -2.36. The normalized spacial score (nSPS) is 15.5. The largest absolute Gasteiger partial charge is 0.418 e. The minimum absolute atomic E-state index is 0.146. The van der Waals surface area contributed by atoms with Crippen LogP contribution in [0.2, 0.25) is 5.02 Å². The molecule has 8 heteroatoms. The molecule has 1 amide bonds. The van der Waals surface area contributed by atoms with Crippen molar-refractivity contribution in [2.24, 2.45) is 0 Å². The summed E-state index contributed by atoms with van der Waals surface area (Å²) in [5.41, 5.74) is 0.0676. The van der Waals surface area contributed by atoms with Crippen LogP contribution in [0.15, 0.2) is 48.5 Å². The predicted molar refractivity (Wildman–Crippen MR) is 105 cm³/mol. The van der Waals surface area contributed by atoms with Gasteiger partial charge in [0, 0.05) is 49.9 Å². The van der Waals surface area contributed by atoms with Gasteiger partial charge in [0.25, 0.3) is 0 Å². The van der Waals surface area contributed by atoms with Crippen molar-refractivity contribution in [3.05, 3.63) is 59.1 Å². The van der Waals surface area contributed by atoms with Gasteiger partial charge in [-0.05, 0) is 36.4 Å². The third-order valence-electron chi connectivity index (χ3n) is 4.73. The van der Waals surface area contributed by atoms with Crippen molar-refractivity contribution in [3.8, 4) is 0 Å². The molecule has 0 spiro atoms. The van der Waals surface area contributed by atoms with E-state index < -0.39 is 17.6 Å². The van der Waals surface area contributed by atoms with Crippen molar-refractivity contribution >= 4 is 28.9 Å². The molecule has 4 nitrogen and oxygen atoms in total. The number of hydrogen-bond donors (Lipinski definition) is 1. The third kappa shape index (κ3) is 5.39. The maximum Gasteiger partial charge on any atom is 0.418 e. The fraction of sp³-hybridized carbons (Fsp3) is 0.350. The standard InChI is InChI=1S/C20H21ClF3N3O/c21-15-5-7-16(8-6-15)27-13-11-26(12-14-27)10-9-19(28)25-18-4-2-1-3-17(18)20(22,23)24/h1-8H,9-14H2,(H,25,28). The molecule has 0 atom stereocenters.